The van der Waals surface area contributed by atoms with Gasteiger partial charge in [0.1, 0.15) is 12.6 Å². The monoisotopic (exact) mass is 597 g/mol. The largest absolute Gasteiger partial charge is 0.416 e. The quantitative estimate of drug-likeness (QED) is 0.463. The van der Waals surface area contributed by atoms with Crippen LogP contribution in [-0.2, 0) is 32.3 Å². The van der Waals surface area contributed by atoms with Crippen LogP contribution in [0.5, 0.6) is 0 Å². The topological polar surface area (TPSA) is 86.8 Å². The van der Waals surface area contributed by atoms with Gasteiger partial charge in [-0.3, -0.25) is 13.9 Å². The van der Waals surface area contributed by atoms with Gasteiger partial charge < -0.3 is 10.2 Å². The molecule has 192 valence electrons. The molecule has 2 aromatic carbocycles. The number of hydrogen-bond donors (Lipinski definition) is 1. The van der Waals surface area contributed by atoms with E-state index in [9.17, 15) is 31.2 Å². The molecular weight excluding hydrogens is 575 g/mol. The normalized spacial score (nSPS) is 12.7. The highest BCUT2D eigenvalue weighted by atomic mass is 79.9. The van der Waals surface area contributed by atoms with Crippen molar-refractivity contribution >= 4 is 55.1 Å². The fraction of sp³-hybridized carbons (Fsp3) is 0.364. The molecule has 0 saturated carbocycles. The van der Waals surface area contributed by atoms with Gasteiger partial charge in [0.2, 0.25) is 21.8 Å². The average Bonchev–Trinajstić information content (AvgIpc) is 2.74. The molecule has 0 heterocycles. The number of amides is 2. The number of nitrogens with one attached hydrogen (secondary N) is 1. The van der Waals surface area contributed by atoms with Crippen molar-refractivity contribution in [2.24, 2.45) is 0 Å². The van der Waals surface area contributed by atoms with Gasteiger partial charge in [-0.15, -0.1) is 0 Å². The number of carbonyl (C=O) groups excluding carboxylic acids is 2. The van der Waals surface area contributed by atoms with E-state index < -0.39 is 51.9 Å². The lowest BCUT2D eigenvalue weighted by atomic mass is 10.1. The maximum Gasteiger partial charge on any atom is 0.416 e. The van der Waals surface area contributed by atoms with Gasteiger partial charge in [0.05, 0.1) is 22.5 Å². The molecule has 2 rings (SSSR count). The molecule has 1 atom stereocenters. The first-order valence-corrected chi connectivity index (χ1v) is 13.3. The number of sulfonamides is 1. The number of hydrogen-bond acceptors (Lipinski definition) is 4. The molecule has 0 spiro atoms. The van der Waals surface area contributed by atoms with Crippen molar-refractivity contribution in [1.82, 2.24) is 10.2 Å². The van der Waals surface area contributed by atoms with Crippen LogP contribution in [0.25, 0.3) is 0 Å². The second-order valence-electron chi connectivity index (χ2n) is 7.66. The van der Waals surface area contributed by atoms with E-state index in [2.05, 4.69) is 21.2 Å². The molecule has 0 aromatic heterocycles. The fourth-order valence-electron chi connectivity index (χ4n) is 3.21. The Hall–Kier alpha value is -2.31. The number of rotatable bonds is 9. The zero-order valence-electron chi connectivity index (χ0n) is 19.1. The maximum atomic E-state index is 13.4. The Balaban J connectivity index is 2.50. The Morgan fingerprint density at radius 2 is 1.83 bits per heavy atom. The summed E-state index contributed by atoms with van der Waals surface area (Å²) >= 11 is 9.37. The highest BCUT2D eigenvalue weighted by Gasteiger charge is 2.34. The Kier molecular flexibility index (Phi) is 9.60. The van der Waals surface area contributed by atoms with Crippen LogP contribution >= 0.6 is 27.5 Å². The van der Waals surface area contributed by atoms with Crippen LogP contribution in [0.15, 0.2) is 46.9 Å². The summed E-state index contributed by atoms with van der Waals surface area (Å²) in [5.74, 6) is -1.28. The summed E-state index contributed by atoms with van der Waals surface area (Å²) in [4.78, 5) is 27.0. The van der Waals surface area contributed by atoms with Crippen molar-refractivity contribution in [3.8, 4) is 0 Å². The van der Waals surface area contributed by atoms with Crippen molar-refractivity contribution in [2.45, 2.75) is 32.6 Å². The lowest BCUT2D eigenvalue weighted by Gasteiger charge is -2.31. The first-order valence-electron chi connectivity index (χ1n) is 10.3. The average molecular weight is 599 g/mol. The van der Waals surface area contributed by atoms with Crippen LogP contribution in [0.3, 0.4) is 0 Å². The minimum atomic E-state index is -4.76. The smallest absolute Gasteiger partial charge is 0.355 e. The van der Waals surface area contributed by atoms with Gasteiger partial charge in [-0.05, 0) is 49.7 Å². The first kappa shape index (κ1) is 28.9. The second kappa shape index (κ2) is 11.6. The number of halogens is 5. The fourth-order valence-corrected chi connectivity index (χ4v) is 4.78. The summed E-state index contributed by atoms with van der Waals surface area (Å²) in [6.07, 6.45) is -4.01. The van der Waals surface area contributed by atoms with Crippen molar-refractivity contribution in [3.63, 3.8) is 0 Å². The minimum Gasteiger partial charge on any atom is -0.355 e. The van der Waals surface area contributed by atoms with Crippen molar-refractivity contribution in [1.29, 1.82) is 0 Å². The Labute approximate surface area is 215 Å². The predicted molar refractivity (Wildman–Crippen MR) is 131 cm³/mol. The summed E-state index contributed by atoms with van der Waals surface area (Å²) in [5, 5.41) is 2.32. The van der Waals surface area contributed by atoms with Crippen LogP contribution in [0, 0.1) is 0 Å². The second-order valence-corrected chi connectivity index (χ2v) is 10.9. The lowest BCUT2D eigenvalue weighted by Crippen LogP contribution is -2.51. The SMILES string of the molecule is CCNC(=O)[C@@H](C)N(Cc1cccc(Br)c1)C(=O)CN(c1cc(C(F)(F)F)ccc1Cl)S(C)(=O)=O. The standard InChI is InChI=1S/C22H24BrClF3N3O4S/c1-4-28-21(32)14(2)29(12-15-6-5-7-17(23)10-15)20(31)13-30(35(3,33)34)19-11-16(22(25,26)27)8-9-18(19)24/h5-11,14H,4,12-13H2,1-3H3,(H,28,32)/t14-/m1/s1. The molecule has 0 aliphatic carbocycles. The van der Waals surface area contributed by atoms with Crippen molar-refractivity contribution < 1.29 is 31.2 Å². The van der Waals surface area contributed by atoms with E-state index in [1.807, 2.05) is 0 Å². The summed E-state index contributed by atoms with van der Waals surface area (Å²) < 4.78 is 66.1. The Bertz CT molecular complexity index is 1190. The van der Waals surface area contributed by atoms with Crippen LogP contribution in [0.2, 0.25) is 5.02 Å². The molecule has 0 fully saturated rings. The molecule has 0 unspecified atom stereocenters. The third-order valence-corrected chi connectivity index (χ3v) is 6.92. The molecule has 7 nitrogen and oxygen atoms in total. The molecular formula is C22H24BrClF3N3O4S. The van der Waals surface area contributed by atoms with Crippen LogP contribution < -0.4 is 9.62 Å². The molecule has 13 heteroatoms. The van der Waals surface area contributed by atoms with E-state index in [0.29, 0.717) is 28.5 Å². The van der Waals surface area contributed by atoms with Gasteiger partial charge in [0, 0.05) is 17.6 Å². The zero-order valence-corrected chi connectivity index (χ0v) is 22.2. The molecule has 35 heavy (non-hydrogen) atoms. The Morgan fingerprint density at radius 3 is 2.37 bits per heavy atom. The highest BCUT2D eigenvalue weighted by Crippen LogP contribution is 2.36. The molecule has 0 saturated heterocycles. The van der Waals surface area contributed by atoms with Crippen LogP contribution in [0.4, 0.5) is 18.9 Å². The minimum absolute atomic E-state index is 0.0511. The summed E-state index contributed by atoms with van der Waals surface area (Å²) in [6, 6.07) is 8.14. The third kappa shape index (κ3) is 7.84. The summed E-state index contributed by atoms with van der Waals surface area (Å²) in [7, 11) is -4.24. The van der Waals surface area contributed by atoms with Gasteiger partial charge in [-0.1, -0.05) is 39.7 Å². The predicted octanol–water partition coefficient (Wildman–Crippen LogP) is 4.44. The number of likely N-dealkylation sites (N-methyl/N-ethyl adjacent to an activating group) is 1. The molecule has 2 aromatic rings. The van der Waals surface area contributed by atoms with Gasteiger partial charge in [0.25, 0.3) is 0 Å². The highest BCUT2D eigenvalue weighted by molar-refractivity contribution is 9.10. The Morgan fingerprint density at radius 1 is 1.17 bits per heavy atom. The van der Waals surface area contributed by atoms with E-state index in [1.54, 1.807) is 31.2 Å². The number of alkyl halides is 3. The van der Waals surface area contributed by atoms with Gasteiger partial charge in [-0.2, -0.15) is 13.2 Å². The van der Waals surface area contributed by atoms with E-state index in [-0.39, 0.29) is 11.6 Å². The number of anilines is 1. The first-order chi connectivity index (χ1) is 16.1. The summed E-state index contributed by atoms with van der Waals surface area (Å²) in [5.41, 5.74) is -0.975. The molecule has 0 bridgehead atoms. The van der Waals surface area contributed by atoms with Gasteiger partial charge in [-0.25, -0.2) is 8.42 Å². The molecule has 0 radical (unpaired) electrons. The molecule has 0 aliphatic heterocycles. The molecule has 1 N–H and O–H groups in total. The number of carbonyl (C=O) groups is 2. The number of benzene rings is 2. The van der Waals surface area contributed by atoms with E-state index in [0.717, 1.165) is 21.7 Å². The van der Waals surface area contributed by atoms with Gasteiger partial charge >= 0.3 is 6.18 Å². The van der Waals surface area contributed by atoms with Gasteiger partial charge in [0.15, 0.2) is 0 Å². The van der Waals surface area contributed by atoms with Crippen molar-refractivity contribution in [3.05, 3.63) is 63.1 Å². The molecule has 0 aliphatic rings. The van der Waals surface area contributed by atoms with Crippen molar-refractivity contribution in [2.75, 3.05) is 23.7 Å². The third-order valence-electron chi connectivity index (χ3n) is 4.98. The molecule has 2 amide bonds. The lowest BCUT2D eigenvalue weighted by molar-refractivity contribution is -0.139. The zero-order chi connectivity index (χ0) is 26.6. The van der Waals surface area contributed by atoms with E-state index >= 15 is 0 Å². The maximum absolute atomic E-state index is 13.4. The van der Waals surface area contributed by atoms with Crippen LogP contribution in [-0.4, -0.2) is 50.5 Å². The van der Waals surface area contributed by atoms with E-state index in [4.69, 9.17) is 11.6 Å². The number of nitrogens with zero attached hydrogens (tertiary/aromatic N) is 2. The summed E-state index contributed by atoms with van der Waals surface area (Å²) in [6.45, 7) is 2.56. The van der Waals surface area contributed by atoms with E-state index in [1.165, 1.54) is 6.92 Å². The van der Waals surface area contributed by atoms with Crippen LogP contribution in [0.1, 0.15) is 25.0 Å².